The van der Waals surface area contributed by atoms with Gasteiger partial charge in [-0.2, -0.15) is 0 Å². The molecular weight excluding hydrogens is 354 g/mol. The first-order valence-corrected chi connectivity index (χ1v) is 10.8. The number of nitrogens with zero attached hydrogens (tertiary/aromatic N) is 2. The van der Waals surface area contributed by atoms with Crippen LogP contribution in [0.3, 0.4) is 0 Å². The molecule has 2 heterocycles. The number of pyridine rings is 1. The second-order valence-electron chi connectivity index (χ2n) is 8.87. The van der Waals surface area contributed by atoms with Crippen LogP contribution in [0.5, 0.6) is 0 Å². The van der Waals surface area contributed by atoms with E-state index < -0.39 is 0 Å². The van der Waals surface area contributed by atoms with Gasteiger partial charge in [0, 0.05) is 23.2 Å². The van der Waals surface area contributed by atoms with Crippen LogP contribution >= 0.6 is 0 Å². The Morgan fingerprint density at radius 2 is 1.72 bits per heavy atom. The number of para-hydroxylation sites is 1. The number of hydrogen-bond donors (Lipinski definition) is 1. The van der Waals surface area contributed by atoms with Crippen molar-refractivity contribution in [2.45, 2.75) is 58.9 Å². The van der Waals surface area contributed by atoms with Crippen LogP contribution in [0.15, 0.2) is 59.2 Å². The fourth-order valence-corrected chi connectivity index (χ4v) is 4.37. The molecule has 0 spiro atoms. The molecule has 0 bridgehead atoms. The first kappa shape index (κ1) is 19.6. The van der Waals surface area contributed by atoms with Crippen LogP contribution in [0.25, 0.3) is 5.57 Å². The Bertz CT molecular complexity index is 969. The molecule has 2 unspecified atom stereocenters. The number of rotatable bonds is 5. The van der Waals surface area contributed by atoms with E-state index in [9.17, 15) is 0 Å². The van der Waals surface area contributed by atoms with Gasteiger partial charge in [-0.25, -0.2) is 4.98 Å². The van der Waals surface area contributed by atoms with Crippen LogP contribution in [0.4, 0.5) is 5.69 Å². The van der Waals surface area contributed by atoms with Crippen molar-refractivity contribution >= 4 is 17.5 Å². The molecule has 1 aromatic carbocycles. The third-order valence-corrected chi connectivity index (χ3v) is 5.88. The van der Waals surface area contributed by atoms with Gasteiger partial charge in [-0.1, -0.05) is 64.1 Å². The largest absolute Gasteiger partial charge is 0.385 e. The number of benzene rings is 1. The minimum absolute atomic E-state index is 0.433. The lowest BCUT2D eigenvalue weighted by Gasteiger charge is -2.16. The number of nitrogens with one attached hydrogen (secondary N) is 1. The maximum atomic E-state index is 4.93. The van der Waals surface area contributed by atoms with E-state index in [2.05, 4.69) is 82.4 Å². The van der Waals surface area contributed by atoms with Crippen LogP contribution in [0, 0.1) is 5.92 Å². The minimum atomic E-state index is 0.433. The Labute approximate surface area is 174 Å². The van der Waals surface area contributed by atoms with Gasteiger partial charge in [-0.05, 0) is 48.4 Å². The van der Waals surface area contributed by atoms with E-state index in [0.29, 0.717) is 23.8 Å². The maximum absolute atomic E-state index is 4.93. The van der Waals surface area contributed by atoms with E-state index in [1.165, 1.54) is 28.8 Å². The van der Waals surface area contributed by atoms with Gasteiger partial charge < -0.3 is 5.32 Å². The molecule has 1 fully saturated rings. The van der Waals surface area contributed by atoms with Crippen molar-refractivity contribution in [2.24, 2.45) is 10.9 Å². The standard InChI is InChI=1S/C26H31N3/c1-16(2)21-9-7-10-22(17(3)4)26(21)27-15-20-8-6-11-24(29-20)23-13-12-19-14-18(5)28-25(19)23/h6-13,15-19,28H,14H2,1-5H3/b27-15+. The molecule has 29 heavy (non-hydrogen) atoms. The van der Waals surface area contributed by atoms with E-state index >= 15 is 0 Å². The highest BCUT2D eigenvalue weighted by atomic mass is 15.0. The molecule has 1 N–H and O–H groups in total. The average Bonchev–Trinajstić information content (AvgIpc) is 3.25. The summed E-state index contributed by atoms with van der Waals surface area (Å²) in [6.45, 7) is 11.1. The summed E-state index contributed by atoms with van der Waals surface area (Å²) >= 11 is 0. The Morgan fingerprint density at radius 3 is 2.41 bits per heavy atom. The average molecular weight is 386 g/mol. The highest BCUT2D eigenvalue weighted by Crippen LogP contribution is 2.37. The zero-order chi connectivity index (χ0) is 20.5. The van der Waals surface area contributed by atoms with Crippen LogP contribution in [0.1, 0.15) is 75.4 Å². The molecule has 1 aromatic heterocycles. The summed E-state index contributed by atoms with van der Waals surface area (Å²) in [7, 11) is 0. The van der Waals surface area contributed by atoms with Crippen molar-refractivity contribution in [2.75, 3.05) is 0 Å². The van der Waals surface area contributed by atoms with Gasteiger partial charge in [-0.3, -0.25) is 4.99 Å². The molecule has 0 radical (unpaired) electrons. The van der Waals surface area contributed by atoms with E-state index in [1.54, 1.807) is 0 Å². The SMILES string of the molecule is CC1CC2C=CC(c3cccc(/C=N/c4c(C(C)C)cccc4C(C)C)n3)=C2N1. The topological polar surface area (TPSA) is 37.3 Å². The summed E-state index contributed by atoms with van der Waals surface area (Å²) in [4.78, 5) is 9.83. The van der Waals surface area contributed by atoms with Crippen LogP contribution in [0.2, 0.25) is 0 Å². The summed E-state index contributed by atoms with van der Waals surface area (Å²) < 4.78 is 0. The maximum Gasteiger partial charge on any atom is 0.0820 e. The zero-order valence-electron chi connectivity index (χ0n) is 18.1. The molecule has 2 aromatic rings. The van der Waals surface area contributed by atoms with Crippen LogP contribution in [-0.2, 0) is 0 Å². The second-order valence-corrected chi connectivity index (χ2v) is 8.87. The van der Waals surface area contributed by atoms with Crippen molar-refractivity contribution < 1.29 is 0 Å². The number of fused-ring (bicyclic) bond motifs is 1. The first-order valence-electron chi connectivity index (χ1n) is 10.8. The van der Waals surface area contributed by atoms with Gasteiger partial charge in [-0.15, -0.1) is 0 Å². The molecule has 1 aliphatic heterocycles. The minimum Gasteiger partial charge on any atom is -0.385 e. The summed E-state index contributed by atoms with van der Waals surface area (Å²) in [5.74, 6) is 1.39. The summed E-state index contributed by atoms with van der Waals surface area (Å²) in [6, 6.07) is 13.3. The van der Waals surface area contributed by atoms with Crippen molar-refractivity contribution in [3.63, 3.8) is 0 Å². The van der Waals surface area contributed by atoms with Crippen LogP contribution < -0.4 is 5.32 Å². The summed E-state index contributed by atoms with van der Waals surface area (Å²) in [6.07, 6.45) is 7.60. The van der Waals surface area contributed by atoms with Crippen molar-refractivity contribution in [1.29, 1.82) is 0 Å². The molecule has 1 saturated heterocycles. The van der Waals surface area contributed by atoms with Gasteiger partial charge in [0.2, 0.25) is 0 Å². The molecule has 0 amide bonds. The fourth-order valence-electron chi connectivity index (χ4n) is 4.37. The smallest absolute Gasteiger partial charge is 0.0820 e. The number of hydrogen-bond acceptors (Lipinski definition) is 3. The lowest BCUT2D eigenvalue weighted by atomic mass is 9.93. The third kappa shape index (κ3) is 3.91. The third-order valence-electron chi connectivity index (χ3n) is 5.88. The lowest BCUT2D eigenvalue weighted by Crippen LogP contribution is -2.16. The summed E-state index contributed by atoms with van der Waals surface area (Å²) in [5.41, 5.74) is 8.14. The molecule has 150 valence electrons. The number of aromatic nitrogens is 1. The predicted octanol–water partition coefficient (Wildman–Crippen LogP) is 6.36. The predicted molar refractivity (Wildman–Crippen MR) is 123 cm³/mol. The lowest BCUT2D eigenvalue weighted by molar-refractivity contribution is 0.653. The molecule has 3 nitrogen and oxygen atoms in total. The van der Waals surface area contributed by atoms with Gasteiger partial charge in [0.1, 0.15) is 0 Å². The van der Waals surface area contributed by atoms with Gasteiger partial charge >= 0.3 is 0 Å². The van der Waals surface area contributed by atoms with E-state index in [1.807, 2.05) is 12.3 Å². The monoisotopic (exact) mass is 385 g/mol. The Morgan fingerprint density at radius 1 is 1.03 bits per heavy atom. The molecule has 0 saturated carbocycles. The Kier molecular flexibility index (Phi) is 5.40. The molecule has 2 atom stereocenters. The van der Waals surface area contributed by atoms with E-state index in [4.69, 9.17) is 9.98 Å². The van der Waals surface area contributed by atoms with Gasteiger partial charge in [0.05, 0.1) is 23.3 Å². The normalized spacial score (nSPS) is 20.9. The van der Waals surface area contributed by atoms with Crippen molar-refractivity contribution in [1.82, 2.24) is 10.3 Å². The van der Waals surface area contributed by atoms with Gasteiger partial charge in [0.25, 0.3) is 0 Å². The van der Waals surface area contributed by atoms with Crippen molar-refractivity contribution in [3.05, 3.63) is 76.8 Å². The molecule has 2 aliphatic rings. The van der Waals surface area contributed by atoms with E-state index in [0.717, 1.165) is 17.1 Å². The highest BCUT2D eigenvalue weighted by Gasteiger charge is 2.30. The Hall–Kier alpha value is -2.68. The molecule has 3 heteroatoms. The quantitative estimate of drug-likeness (QED) is 0.608. The van der Waals surface area contributed by atoms with Crippen LogP contribution in [-0.4, -0.2) is 17.2 Å². The second kappa shape index (κ2) is 7.98. The highest BCUT2D eigenvalue weighted by molar-refractivity contribution is 5.83. The fraction of sp³-hybridized carbons (Fsp3) is 0.385. The molecule has 1 aliphatic carbocycles. The molecular formula is C26H31N3. The van der Waals surface area contributed by atoms with Gasteiger partial charge in [0.15, 0.2) is 0 Å². The van der Waals surface area contributed by atoms with Crippen molar-refractivity contribution in [3.8, 4) is 0 Å². The number of aliphatic imine (C=N–C) groups is 1. The number of allylic oxidation sites excluding steroid dienone is 3. The Balaban J connectivity index is 1.68. The summed E-state index contributed by atoms with van der Waals surface area (Å²) in [5, 5.41) is 3.62. The first-order chi connectivity index (χ1) is 13.9. The zero-order valence-corrected chi connectivity index (χ0v) is 18.1. The molecule has 4 rings (SSSR count). The van der Waals surface area contributed by atoms with E-state index in [-0.39, 0.29) is 0 Å².